The number of carbonyl (C=O) groups excluding carboxylic acids is 1. The van der Waals surface area contributed by atoms with E-state index in [-0.39, 0.29) is 17.4 Å². The molecule has 7 heteroatoms. The van der Waals surface area contributed by atoms with Gasteiger partial charge in [-0.3, -0.25) is 10.2 Å². The lowest BCUT2D eigenvalue weighted by molar-refractivity contribution is -0.144. The lowest BCUT2D eigenvalue weighted by Crippen LogP contribution is -2.66. The molecule has 0 atom stereocenters. The number of hydrogen-bond acceptors (Lipinski definition) is 6. The Bertz CT molecular complexity index is 1280. The van der Waals surface area contributed by atoms with Gasteiger partial charge in [0.15, 0.2) is 0 Å². The highest BCUT2D eigenvalue weighted by atomic mass is 16.5. The third kappa shape index (κ3) is 4.87. The highest BCUT2D eigenvalue weighted by Gasteiger charge is 2.53. The van der Waals surface area contributed by atoms with Gasteiger partial charge in [0.1, 0.15) is 23.6 Å². The Morgan fingerprint density at radius 2 is 1.86 bits per heavy atom. The highest BCUT2D eigenvalue weighted by molar-refractivity contribution is 6.13. The molecular formula is C28H27N5O2. The molecule has 176 valence electrons. The molecule has 5 rings (SSSR count). The molecule has 1 saturated carbocycles. The van der Waals surface area contributed by atoms with Gasteiger partial charge in [-0.25, -0.2) is 9.97 Å². The summed E-state index contributed by atoms with van der Waals surface area (Å²) in [6.45, 7) is 3.48. The number of aromatic nitrogens is 2. The van der Waals surface area contributed by atoms with Crippen molar-refractivity contribution in [2.75, 3.05) is 18.4 Å². The third-order valence-corrected chi connectivity index (χ3v) is 6.52. The number of rotatable bonds is 6. The summed E-state index contributed by atoms with van der Waals surface area (Å²) in [5, 5.41) is 12.3. The van der Waals surface area contributed by atoms with E-state index >= 15 is 0 Å². The van der Waals surface area contributed by atoms with E-state index in [2.05, 4.69) is 27.1 Å². The molecule has 2 fully saturated rings. The summed E-state index contributed by atoms with van der Waals surface area (Å²) >= 11 is 0. The van der Waals surface area contributed by atoms with E-state index in [0.717, 1.165) is 37.2 Å². The molecule has 1 aromatic heterocycles. The van der Waals surface area contributed by atoms with E-state index < -0.39 is 0 Å². The van der Waals surface area contributed by atoms with Gasteiger partial charge >= 0.3 is 0 Å². The predicted molar refractivity (Wildman–Crippen MR) is 135 cm³/mol. The monoisotopic (exact) mass is 465 g/mol. The van der Waals surface area contributed by atoms with Crippen LogP contribution in [0.25, 0.3) is 0 Å². The van der Waals surface area contributed by atoms with Crippen molar-refractivity contribution in [3.05, 3.63) is 78.2 Å². The zero-order valence-corrected chi connectivity index (χ0v) is 19.6. The number of hydrogen-bond donors (Lipinski definition) is 2. The van der Waals surface area contributed by atoms with Gasteiger partial charge in [-0.2, -0.15) is 0 Å². The second kappa shape index (κ2) is 9.59. The molecule has 1 amide bonds. The second-order valence-corrected chi connectivity index (χ2v) is 9.17. The van der Waals surface area contributed by atoms with Crippen LogP contribution in [0.3, 0.4) is 0 Å². The number of para-hydroxylation sites is 1. The van der Waals surface area contributed by atoms with E-state index in [0.29, 0.717) is 29.3 Å². The maximum atomic E-state index is 12.0. The van der Waals surface area contributed by atoms with Crippen LogP contribution in [0, 0.1) is 22.7 Å². The normalized spacial score (nSPS) is 15.9. The van der Waals surface area contributed by atoms with Gasteiger partial charge in [0.05, 0.1) is 11.3 Å². The number of nitrogens with one attached hydrogen (secondary N) is 2. The Balaban J connectivity index is 1.19. The third-order valence-electron chi connectivity index (χ3n) is 6.52. The van der Waals surface area contributed by atoms with Crippen molar-refractivity contribution in [2.24, 2.45) is 5.41 Å². The van der Waals surface area contributed by atoms with Crippen LogP contribution in [0.2, 0.25) is 0 Å². The summed E-state index contributed by atoms with van der Waals surface area (Å²) in [5.41, 5.74) is 1.96. The predicted octanol–water partition coefficient (Wildman–Crippen LogP) is 4.50. The van der Waals surface area contributed by atoms with E-state index in [9.17, 15) is 4.79 Å². The van der Waals surface area contributed by atoms with Crippen LogP contribution in [0.1, 0.15) is 37.3 Å². The number of benzene rings is 2. The van der Waals surface area contributed by atoms with Crippen LogP contribution in [0.15, 0.2) is 67.1 Å². The fourth-order valence-corrected chi connectivity index (χ4v) is 4.79. The standard InChI is InChI=1S/C28H27N5O2/c1-2-3-9-25(34)33-17-28(18-33)14-21(15-28)32-27-24(16-30-19-31-27)26(29)20-10-12-23(13-11-20)35-22-7-5-4-6-8-22/h4-8,10-13,16,19,21,29H,2,14-15,17-18H2,1H3,(H,30,31,32). The molecule has 2 aliphatic rings. The summed E-state index contributed by atoms with van der Waals surface area (Å²) in [5.74, 6) is 7.62. The van der Waals surface area contributed by atoms with Crippen molar-refractivity contribution >= 4 is 17.4 Å². The first-order chi connectivity index (χ1) is 17.0. The maximum absolute atomic E-state index is 12.0. The first-order valence-electron chi connectivity index (χ1n) is 11.8. The smallest absolute Gasteiger partial charge is 0.298 e. The molecule has 7 nitrogen and oxygen atoms in total. The first-order valence-corrected chi connectivity index (χ1v) is 11.8. The molecule has 0 unspecified atom stereocenters. The van der Waals surface area contributed by atoms with E-state index in [1.165, 1.54) is 6.33 Å². The fraction of sp³-hybridized carbons (Fsp3) is 0.286. The summed E-state index contributed by atoms with van der Waals surface area (Å²) in [6.07, 6.45) is 5.82. The molecular weight excluding hydrogens is 438 g/mol. The van der Waals surface area contributed by atoms with E-state index in [1.54, 1.807) is 6.20 Å². The Kier molecular flexibility index (Phi) is 6.19. The number of amides is 1. The number of likely N-dealkylation sites (tertiary alicyclic amines) is 1. The van der Waals surface area contributed by atoms with Gasteiger partial charge in [-0.05, 0) is 55.2 Å². The molecule has 2 N–H and O–H groups in total. The van der Waals surface area contributed by atoms with Crippen molar-refractivity contribution in [2.45, 2.75) is 32.2 Å². The number of ether oxygens (including phenoxy) is 1. The molecule has 0 radical (unpaired) electrons. The molecule has 2 aromatic carbocycles. The Morgan fingerprint density at radius 3 is 2.57 bits per heavy atom. The van der Waals surface area contributed by atoms with Crippen LogP contribution >= 0.6 is 0 Å². The molecule has 2 heterocycles. The van der Waals surface area contributed by atoms with Crippen LogP contribution < -0.4 is 10.1 Å². The Labute approximate surface area is 205 Å². The maximum Gasteiger partial charge on any atom is 0.298 e. The minimum Gasteiger partial charge on any atom is -0.457 e. The largest absolute Gasteiger partial charge is 0.457 e. The van der Waals surface area contributed by atoms with Gasteiger partial charge in [0.2, 0.25) is 0 Å². The van der Waals surface area contributed by atoms with Gasteiger partial charge < -0.3 is 15.0 Å². The summed E-state index contributed by atoms with van der Waals surface area (Å²) in [6, 6.07) is 17.3. The van der Waals surface area contributed by atoms with Crippen molar-refractivity contribution in [1.82, 2.24) is 14.9 Å². The summed E-state index contributed by atoms with van der Waals surface area (Å²) in [4.78, 5) is 22.4. The minimum absolute atomic E-state index is 0.0689. The van der Waals surface area contributed by atoms with Crippen molar-refractivity contribution in [3.63, 3.8) is 0 Å². The molecule has 35 heavy (non-hydrogen) atoms. The molecule has 1 aliphatic carbocycles. The molecule has 1 saturated heterocycles. The Hall–Kier alpha value is -4.18. The van der Waals surface area contributed by atoms with Crippen molar-refractivity contribution in [3.8, 4) is 23.3 Å². The second-order valence-electron chi connectivity index (χ2n) is 9.17. The van der Waals surface area contributed by atoms with Crippen LogP contribution in [0.4, 0.5) is 5.82 Å². The first kappa shape index (κ1) is 22.6. The summed E-state index contributed by atoms with van der Waals surface area (Å²) < 4.78 is 5.86. The lowest BCUT2D eigenvalue weighted by atomic mass is 9.60. The van der Waals surface area contributed by atoms with E-state index in [1.807, 2.05) is 66.4 Å². The molecule has 1 aliphatic heterocycles. The van der Waals surface area contributed by atoms with Gasteiger partial charge in [0, 0.05) is 42.7 Å². The molecule has 0 bridgehead atoms. The highest BCUT2D eigenvalue weighted by Crippen LogP contribution is 2.49. The zero-order valence-electron chi connectivity index (χ0n) is 19.6. The lowest BCUT2D eigenvalue weighted by Gasteiger charge is -2.58. The van der Waals surface area contributed by atoms with Crippen molar-refractivity contribution in [1.29, 1.82) is 5.41 Å². The zero-order chi connectivity index (χ0) is 24.3. The van der Waals surface area contributed by atoms with Crippen LogP contribution in [-0.4, -0.2) is 45.6 Å². The Morgan fingerprint density at radius 1 is 1.14 bits per heavy atom. The quantitative estimate of drug-likeness (QED) is 0.413. The number of carbonyl (C=O) groups is 1. The number of anilines is 1. The minimum atomic E-state index is -0.0689. The fourth-order valence-electron chi connectivity index (χ4n) is 4.79. The van der Waals surface area contributed by atoms with Gasteiger partial charge in [0.25, 0.3) is 5.91 Å². The average molecular weight is 466 g/mol. The van der Waals surface area contributed by atoms with E-state index in [4.69, 9.17) is 10.1 Å². The van der Waals surface area contributed by atoms with Crippen molar-refractivity contribution < 1.29 is 9.53 Å². The topological polar surface area (TPSA) is 91.2 Å². The van der Waals surface area contributed by atoms with Gasteiger partial charge in [-0.15, -0.1) is 0 Å². The average Bonchev–Trinajstić information content (AvgIpc) is 2.84. The van der Waals surface area contributed by atoms with Crippen LogP contribution in [-0.2, 0) is 4.79 Å². The van der Waals surface area contributed by atoms with Crippen LogP contribution in [0.5, 0.6) is 11.5 Å². The van der Waals surface area contributed by atoms with Gasteiger partial charge in [-0.1, -0.05) is 31.0 Å². The molecule has 3 aromatic rings. The SMILES string of the molecule is CCC#CC(=O)N1CC2(CC(Nc3ncncc3C(=N)c3ccc(Oc4ccccc4)cc3)C2)C1. The summed E-state index contributed by atoms with van der Waals surface area (Å²) in [7, 11) is 0. The number of nitrogens with zero attached hydrogens (tertiary/aromatic N) is 3. The molecule has 1 spiro atoms.